The number of anilines is 2. The number of aromatic nitrogens is 2. The van der Waals surface area contributed by atoms with Gasteiger partial charge in [0.2, 0.25) is 5.75 Å². The Labute approximate surface area is 64.6 Å². The molecule has 3 N–H and O–H groups in total. The monoisotopic (exact) mass is 154 g/mol. The average molecular weight is 154 g/mol. The lowest BCUT2D eigenvalue weighted by Crippen LogP contribution is -2.02. The number of hydrogen-bond acceptors (Lipinski definition) is 5. The normalized spacial score (nSPS) is 9.27. The van der Waals surface area contributed by atoms with Gasteiger partial charge in [-0.1, -0.05) is 0 Å². The van der Waals surface area contributed by atoms with Crippen molar-refractivity contribution in [1.29, 1.82) is 0 Å². The van der Waals surface area contributed by atoms with Gasteiger partial charge < -0.3 is 15.8 Å². The molecule has 0 spiro atoms. The summed E-state index contributed by atoms with van der Waals surface area (Å²) in [5.41, 5.74) is 5.49. The van der Waals surface area contributed by atoms with Crippen LogP contribution in [0, 0.1) is 0 Å². The molecule has 5 heteroatoms. The lowest BCUT2D eigenvalue weighted by molar-refractivity contribution is 0.415. The van der Waals surface area contributed by atoms with Crippen LogP contribution in [0.5, 0.6) is 5.75 Å². The van der Waals surface area contributed by atoms with E-state index in [4.69, 9.17) is 10.5 Å². The van der Waals surface area contributed by atoms with Crippen LogP contribution < -0.4 is 15.8 Å². The van der Waals surface area contributed by atoms with Gasteiger partial charge in [0, 0.05) is 7.05 Å². The summed E-state index contributed by atoms with van der Waals surface area (Å²) >= 11 is 0. The summed E-state index contributed by atoms with van der Waals surface area (Å²) in [6.07, 6.45) is 1.38. The summed E-state index contributed by atoms with van der Waals surface area (Å²) in [5, 5.41) is 2.83. The molecule has 1 rings (SSSR count). The minimum Gasteiger partial charge on any atom is -0.490 e. The molecule has 0 bridgehead atoms. The first-order valence-corrected chi connectivity index (χ1v) is 3.11. The van der Waals surface area contributed by atoms with Crippen molar-refractivity contribution in [2.24, 2.45) is 0 Å². The molecule has 1 aromatic heterocycles. The van der Waals surface area contributed by atoms with Crippen molar-refractivity contribution in [1.82, 2.24) is 9.97 Å². The van der Waals surface area contributed by atoms with Crippen LogP contribution in [0.4, 0.5) is 11.6 Å². The molecular formula is C6H10N4O. The lowest BCUT2D eigenvalue weighted by Gasteiger charge is -2.06. The molecule has 5 nitrogen and oxygen atoms in total. The molecule has 0 atom stereocenters. The maximum Gasteiger partial charge on any atom is 0.203 e. The number of nitrogens with zero attached hydrogens (tertiary/aromatic N) is 2. The van der Waals surface area contributed by atoms with Crippen molar-refractivity contribution in [3.05, 3.63) is 6.33 Å². The highest BCUT2D eigenvalue weighted by atomic mass is 16.5. The largest absolute Gasteiger partial charge is 0.490 e. The number of methoxy groups -OCH3 is 1. The van der Waals surface area contributed by atoms with Crippen molar-refractivity contribution in [2.45, 2.75) is 0 Å². The van der Waals surface area contributed by atoms with Crippen LogP contribution in [0.25, 0.3) is 0 Å². The standard InChI is InChI=1S/C6H10N4O/c1-8-6-4(11-2)5(7)9-3-10-6/h3H,1-2H3,(H3,7,8,9,10). The maximum absolute atomic E-state index is 5.49. The molecule has 0 saturated carbocycles. The van der Waals surface area contributed by atoms with Crippen LogP contribution in [0.1, 0.15) is 0 Å². The van der Waals surface area contributed by atoms with E-state index in [9.17, 15) is 0 Å². The van der Waals surface area contributed by atoms with Gasteiger partial charge in [0.05, 0.1) is 7.11 Å². The molecule has 1 aromatic rings. The Morgan fingerprint density at radius 1 is 1.55 bits per heavy atom. The van der Waals surface area contributed by atoms with Crippen molar-refractivity contribution in [3.63, 3.8) is 0 Å². The van der Waals surface area contributed by atoms with E-state index in [0.29, 0.717) is 17.4 Å². The second kappa shape index (κ2) is 3.05. The third kappa shape index (κ3) is 1.31. The van der Waals surface area contributed by atoms with Crippen molar-refractivity contribution in [2.75, 3.05) is 25.2 Å². The third-order valence-electron chi connectivity index (χ3n) is 1.27. The zero-order valence-corrected chi connectivity index (χ0v) is 6.46. The van der Waals surface area contributed by atoms with Gasteiger partial charge in [-0.05, 0) is 0 Å². The van der Waals surface area contributed by atoms with Crippen molar-refractivity contribution in [3.8, 4) is 5.75 Å². The Morgan fingerprint density at radius 2 is 2.27 bits per heavy atom. The Hall–Kier alpha value is -1.52. The van der Waals surface area contributed by atoms with E-state index in [1.807, 2.05) is 0 Å². The Bertz CT molecular complexity index is 250. The van der Waals surface area contributed by atoms with Gasteiger partial charge in [0.1, 0.15) is 6.33 Å². The molecule has 0 radical (unpaired) electrons. The number of nitrogen functional groups attached to an aromatic ring is 1. The van der Waals surface area contributed by atoms with E-state index in [2.05, 4.69) is 15.3 Å². The average Bonchev–Trinajstić information content (AvgIpc) is 2.04. The fraction of sp³-hybridized carbons (Fsp3) is 0.333. The fourth-order valence-electron chi connectivity index (χ4n) is 0.767. The molecule has 1 heterocycles. The molecule has 60 valence electrons. The highest BCUT2D eigenvalue weighted by Gasteiger charge is 2.05. The minimum absolute atomic E-state index is 0.340. The van der Waals surface area contributed by atoms with Crippen LogP contribution in [0.2, 0.25) is 0 Å². The SMILES string of the molecule is CNc1ncnc(N)c1OC. The van der Waals surface area contributed by atoms with Gasteiger partial charge >= 0.3 is 0 Å². The molecule has 0 aliphatic heterocycles. The first-order chi connectivity index (χ1) is 5.29. The van der Waals surface area contributed by atoms with Gasteiger partial charge in [-0.15, -0.1) is 0 Å². The van der Waals surface area contributed by atoms with Crippen LogP contribution in [0.15, 0.2) is 6.33 Å². The first kappa shape index (κ1) is 7.59. The fourth-order valence-corrected chi connectivity index (χ4v) is 0.767. The molecule has 0 saturated heterocycles. The zero-order chi connectivity index (χ0) is 8.27. The highest BCUT2D eigenvalue weighted by Crippen LogP contribution is 2.25. The van der Waals surface area contributed by atoms with Crippen LogP contribution in [-0.2, 0) is 0 Å². The summed E-state index contributed by atoms with van der Waals surface area (Å²) in [4.78, 5) is 7.66. The molecule has 0 fully saturated rings. The second-order valence-corrected chi connectivity index (χ2v) is 1.89. The smallest absolute Gasteiger partial charge is 0.203 e. The van der Waals surface area contributed by atoms with E-state index >= 15 is 0 Å². The molecule has 0 aliphatic carbocycles. The lowest BCUT2D eigenvalue weighted by atomic mass is 10.5. The van der Waals surface area contributed by atoms with Gasteiger partial charge in [0.25, 0.3) is 0 Å². The summed E-state index contributed by atoms with van der Waals surface area (Å²) in [7, 11) is 3.26. The summed E-state index contributed by atoms with van der Waals surface area (Å²) < 4.78 is 4.95. The number of ether oxygens (including phenoxy) is 1. The minimum atomic E-state index is 0.340. The van der Waals surface area contributed by atoms with Crippen LogP contribution in [0.3, 0.4) is 0 Å². The molecule has 0 unspecified atom stereocenters. The molecule has 0 aromatic carbocycles. The summed E-state index contributed by atoms with van der Waals surface area (Å²) in [6.45, 7) is 0. The number of rotatable bonds is 2. The van der Waals surface area contributed by atoms with E-state index < -0.39 is 0 Å². The Kier molecular flexibility index (Phi) is 2.10. The Balaban J connectivity index is 3.13. The molecule has 0 amide bonds. The van der Waals surface area contributed by atoms with Gasteiger partial charge in [-0.25, -0.2) is 9.97 Å². The maximum atomic E-state index is 5.49. The van der Waals surface area contributed by atoms with E-state index in [-0.39, 0.29) is 0 Å². The van der Waals surface area contributed by atoms with Crippen molar-refractivity contribution < 1.29 is 4.74 Å². The van der Waals surface area contributed by atoms with E-state index in [1.54, 1.807) is 7.05 Å². The van der Waals surface area contributed by atoms with Gasteiger partial charge in [-0.3, -0.25) is 0 Å². The number of nitrogens with two attached hydrogens (primary N) is 1. The van der Waals surface area contributed by atoms with Gasteiger partial charge in [-0.2, -0.15) is 0 Å². The number of nitrogens with one attached hydrogen (secondary N) is 1. The molecular weight excluding hydrogens is 144 g/mol. The first-order valence-electron chi connectivity index (χ1n) is 3.11. The second-order valence-electron chi connectivity index (χ2n) is 1.89. The third-order valence-corrected chi connectivity index (χ3v) is 1.27. The van der Waals surface area contributed by atoms with E-state index in [1.165, 1.54) is 13.4 Å². The predicted octanol–water partition coefficient (Wildman–Crippen LogP) is 0.109. The van der Waals surface area contributed by atoms with Crippen LogP contribution in [-0.4, -0.2) is 24.1 Å². The van der Waals surface area contributed by atoms with Crippen LogP contribution >= 0.6 is 0 Å². The Morgan fingerprint density at radius 3 is 2.73 bits per heavy atom. The van der Waals surface area contributed by atoms with Crippen molar-refractivity contribution >= 4 is 11.6 Å². The quantitative estimate of drug-likeness (QED) is 0.632. The summed E-state index contributed by atoms with van der Waals surface area (Å²) in [6, 6.07) is 0. The summed E-state index contributed by atoms with van der Waals surface area (Å²) in [5.74, 6) is 1.42. The topological polar surface area (TPSA) is 73.1 Å². The van der Waals surface area contributed by atoms with E-state index in [0.717, 1.165) is 0 Å². The zero-order valence-electron chi connectivity index (χ0n) is 6.46. The number of hydrogen-bond donors (Lipinski definition) is 2. The predicted molar refractivity (Wildman–Crippen MR) is 42.5 cm³/mol. The molecule has 0 aliphatic rings. The molecule has 11 heavy (non-hydrogen) atoms. The van der Waals surface area contributed by atoms with Gasteiger partial charge in [0.15, 0.2) is 11.6 Å². The highest BCUT2D eigenvalue weighted by molar-refractivity contribution is 5.60.